The summed E-state index contributed by atoms with van der Waals surface area (Å²) in [6.45, 7) is 0. The van der Waals surface area contributed by atoms with Gasteiger partial charge in [-0.05, 0) is 50.4 Å². The van der Waals surface area contributed by atoms with Crippen molar-refractivity contribution in [3.8, 4) is 22.3 Å². The van der Waals surface area contributed by atoms with Crippen LogP contribution in [0, 0.1) is 0 Å². The summed E-state index contributed by atoms with van der Waals surface area (Å²) in [6.07, 6.45) is 0. The van der Waals surface area contributed by atoms with Gasteiger partial charge in [-0.25, -0.2) is 0 Å². The Bertz CT molecular complexity index is 1790. The van der Waals surface area contributed by atoms with Crippen LogP contribution in [0.15, 0.2) is 126 Å². The molecule has 0 bridgehead atoms. The molecule has 1 heteroatoms. The number of fused-ring (bicyclic) bond motifs is 7. The molecule has 7 rings (SSSR count). The molecule has 154 valence electrons. The van der Waals surface area contributed by atoms with Crippen molar-refractivity contribution in [2.45, 2.75) is 0 Å². The molecule has 0 saturated carbocycles. The lowest BCUT2D eigenvalue weighted by Gasteiger charge is -2.09. The molecule has 0 aliphatic carbocycles. The van der Waals surface area contributed by atoms with Crippen LogP contribution >= 0.6 is 0 Å². The second-order valence-electron chi connectivity index (χ2n) is 8.55. The van der Waals surface area contributed by atoms with Crippen LogP contribution in [0.4, 0.5) is 0 Å². The van der Waals surface area contributed by atoms with Gasteiger partial charge in [-0.2, -0.15) is 0 Å². The van der Waals surface area contributed by atoms with Crippen LogP contribution in [0.2, 0.25) is 0 Å². The Balaban J connectivity index is 1.55. The average Bonchev–Trinajstić information content (AvgIpc) is 3.29. The van der Waals surface area contributed by atoms with E-state index in [1.165, 1.54) is 43.4 Å². The van der Waals surface area contributed by atoms with E-state index in [2.05, 4.69) is 121 Å². The summed E-state index contributed by atoms with van der Waals surface area (Å²) < 4.78 is 6.57. The zero-order chi connectivity index (χ0) is 21.8. The second-order valence-corrected chi connectivity index (χ2v) is 8.55. The first-order valence-corrected chi connectivity index (χ1v) is 11.3. The third-order valence-corrected chi connectivity index (χ3v) is 6.66. The molecular weight excluding hydrogens is 400 g/mol. The van der Waals surface area contributed by atoms with Gasteiger partial charge in [0.15, 0.2) is 0 Å². The Morgan fingerprint density at radius 2 is 1.03 bits per heavy atom. The van der Waals surface area contributed by atoms with Gasteiger partial charge in [0.2, 0.25) is 0 Å². The molecule has 0 amide bonds. The first kappa shape index (κ1) is 18.2. The minimum atomic E-state index is 0.933. The maximum atomic E-state index is 6.57. The SMILES string of the molecule is c1ccc(-c2ccc(-c3cc4ccccc4c4c3oc3ccc5ccccc5c34)cc2)cc1. The minimum absolute atomic E-state index is 0.933. The van der Waals surface area contributed by atoms with Crippen molar-refractivity contribution < 1.29 is 4.42 Å². The third kappa shape index (κ3) is 2.79. The van der Waals surface area contributed by atoms with Gasteiger partial charge in [0.25, 0.3) is 0 Å². The first-order valence-electron chi connectivity index (χ1n) is 11.3. The van der Waals surface area contributed by atoms with Crippen molar-refractivity contribution in [1.82, 2.24) is 0 Å². The number of hydrogen-bond acceptors (Lipinski definition) is 1. The van der Waals surface area contributed by atoms with Gasteiger partial charge in [0.1, 0.15) is 11.2 Å². The number of furan rings is 1. The maximum Gasteiger partial charge on any atom is 0.143 e. The van der Waals surface area contributed by atoms with Crippen LogP contribution in [-0.2, 0) is 0 Å². The molecule has 6 aromatic carbocycles. The molecule has 33 heavy (non-hydrogen) atoms. The van der Waals surface area contributed by atoms with Crippen molar-refractivity contribution in [3.05, 3.63) is 121 Å². The van der Waals surface area contributed by atoms with E-state index in [-0.39, 0.29) is 0 Å². The summed E-state index contributed by atoms with van der Waals surface area (Å²) in [6, 6.07) is 43.0. The first-order chi connectivity index (χ1) is 16.4. The topological polar surface area (TPSA) is 13.1 Å². The van der Waals surface area contributed by atoms with E-state index in [9.17, 15) is 0 Å². The van der Waals surface area contributed by atoms with Gasteiger partial charge in [-0.15, -0.1) is 0 Å². The van der Waals surface area contributed by atoms with Gasteiger partial charge < -0.3 is 4.42 Å². The number of hydrogen-bond donors (Lipinski definition) is 0. The zero-order valence-corrected chi connectivity index (χ0v) is 18.0. The van der Waals surface area contributed by atoms with Crippen molar-refractivity contribution in [1.29, 1.82) is 0 Å². The van der Waals surface area contributed by atoms with Crippen molar-refractivity contribution in [3.63, 3.8) is 0 Å². The Kier molecular flexibility index (Phi) is 3.91. The highest BCUT2D eigenvalue weighted by molar-refractivity contribution is 6.28. The minimum Gasteiger partial charge on any atom is -0.455 e. The lowest BCUT2D eigenvalue weighted by atomic mass is 9.94. The maximum absolute atomic E-state index is 6.57. The molecule has 1 heterocycles. The molecular formula is C32H20O. The van der Waals surface area contributed by atoms with Crippen LogP contribution in [0.3, 0.4) is 0 Å². The van der Waals surface area contributed by atoms with Crippen LogP contribution in [-0.4, -0.2) is 0 Å². The van der Waals surface area contributed by atoms with Gasteiger partial charge in [-0.1, -0.05) is 109 Å². The molecule has 1 nitrogen and oxygen atoms in total. The summed E-state index contributed by atoms with van der Waals surface area (Å²) in [5.74, 6) is 0. The Hall–Kier alpha value is -4.36. The van der Waals surface area contributed by atoms with Crippen LogP contribution in [0.5, 0.6) is 0 Å². The van der Waals surface area contributed by atoms with E-state index in [4.69, 9.17) is 4.42 Å². The van der Waals surface area contributed by atoms with E-state index in [1.807, 2.05) is 0 Å². The highest BCUT2D eigenvalue weighted by atomic mass is 16.3. The normalized spacial score (nSPS) is 11.6. The quantitative estimate of drug-likeness (QED) is 0.272. The second kappa shape index (κ2) is 7.08. The fraction of sp³-hybridized carbons (Fsp3) is 0. The fourth-order valence-corrected chi connectivity index (χ4v) is 5.07. The summed E-state index contributed by atoms with van der Waals surface area (Å²) >= 11 is 0. The molecule has 0 atom stereocenters. The van der Waals surface area contributed by atoms with Crippen molar-refractivity contribution in [2.75, 3.05) is 0 Å². The predicted molar refractivity (Wildman–Crippen MR) is 140 cm³/mol. The zero-order valence-electron chi connectivity index (χ0n) is 18.0. The van der Waals surface area contributed by atoms with Crippen LogP contribution < -0.4 is 0 Å². The molecule has 0 radical (unpaired) electrons. The molecule has 0 spiro atoms. The van der Waals surface area contributed by atoms with Crippen LogP contribution in [0.25, 0.3) is 65.7 Å². The lowest BCUT2D eigenvalue weighted by molar-refractivity contribution is 0.670. The summed E-state index contributed by atoms with van der Waals surface area (Å²) in [4.78, 5) is 0. The Labute approximate surface area is 191 Å². The molecule has 0 unspecified atom stereocenters. The molecule has 0 aliphatic heterocycles. The largest absolute Gasteiger partial charge is 0.455 e. The molecule has 0 aliphatic rings. The number of benzene rings is 6. The third-order valence-electron chi connectivity index (χ3n) is 6.66. The van der Waals surface area contributed by atoms with E-state index < -0.39 is 0 Å². The summed E-state index contributed by atoms with van der Waals surface area (Å²) in [7, 11) is 0. The Morgan fingerprint density at radius 3 is 1.82 bits per heavy atom. The van der Waals surface area contributed by atoms with Gasteiger partial charge in [0.05, 0.1) is 0 Å². The lowest BCUT2D eigenvalue weighted by Crippen LogP contribution is -1.83. The van der Waals surface area contributed by atoms with Gasteiger partial charge in [0, 0.05) is 16.3 Å². The van der Waals surface area contributed by atoms with Gasteiger partial charge in [-0.3, -0.25) is 0 Å². The predicted octanol–water partition coefficient (Wildman–Crippen LogP) is 9.23. The Morgan fingerprint density at radius 1 is 0.424 bits per heavy atom. The fourth-order valence-electron chi connectivity index (χ4n) is 5.07. The highest BCUT2D eigenvalue weighted by Gasteiger charge is 2.18. The van der Waals surface area contributed by atoms with Gasteiger partial charge >= 0.3 is 0 Å². The van der Waals surface area contributed by atoms with Crippen molar-refractivity contribution in [2.24, 2.45) is 0 Å². The summed E-state index contributed by atoms with van der Waals surface area (Å²) in [5.41, 5.74) is 6.61. The van der Waals surface area contributed by atoms with E-state index in [0.717, 1.165) is 22.3 Å². The molecule has 0 saturated heterocycles. The highest BCUT2D eigenvalue weighted by Crippen LogP contribution is 2.43. The monoisotopic (exact) mass is 420 g/mol. The van der Waals surface area contributed by atoms with E-state index in [0.29, 0.717) is 0 Å². The summed E-state index contributed by atoms with van der Waals surface area (Å²) in [5, 5.41) is 7.31. The molecule has 7 aromatic rings. The molecule has 1 aromatic heterocycles. The smallest absolute Gasteiger partial charge is 0.143 e. The number of rotatable bonds is 2. The standard InChI is InChI=1S/C32H20O/c1-2-8-21(9-3-1)22-14-16-24(17-15-22)28-20-25-11-5-7-13-27(25)31-30-26-12-6-4-10-23(26)18-19-29(30)33-32(28)31/h1-20H. The average molecular weight is 421 g/mol. The van der Waals surface area contributed by atoms with E-state index in [1.54, 1.807) is 0 Å². The van der Waals surface area contributed by atoms with Crippen molar-refractivity contribution >= 4 is 43.5 Å². The van der Waals surface area contributed by atoms with E-state index >= 15 is 0 Å². The molecule has 0 N–H and O–H groups in total. The van der Waals surface area contributed by atoms with Crippen LogP contribution in [0.1, 0.15) is 0 Å². The molecule has 0 fully saturated rings.